The number of hydrogen-bond acceptors (Lipinski definition) is 7. The maximum atomic E-state index is 12.3. The van der Waals surface area contributed by atoms with E-state index >= 15 is 0 Å². The van der Waals surface area contributed by atoms with Gasteiger partial charge in [0.2, 0.25) is 5.91 Å². The molecule has 0 saturated carbocycles. The summed E-state index contributed by atoms with van der Waals surface area (Å²) < 4.78 is 12.6. The fourth-order valence-corrected chi connectivity index (χ4v) is 4.40. The molecule has 0 spiro atoms. The third-order valence-electron chi connectivity index (χ3n) is 6.39. The number of anilines is 3. The second kappa shape index (κ2) is 11.2. The molecule has 198 valence electrons. The first-order chi connectivity index (χ1) is 19.7. The van der Waals surface area contributed by atoms with Crippen LogP contribution in [0.3, 0.4) is 0 Å². The van der Waals surface area contributed by atoms with Crippen LogP contribution in [0, 0.1) is 0 Å². The van der Waals surface area contributed by atoms with Crippen LogP contribution in [0.1, 0.15) is 5.56 Å². The van der Waals surface area contributed by atoms with E-state index in [1.54, 1.807) is 11.6 Å². The van der Waals surface area contributed by atoms with Gasteiger partial charge in [-0.25, -0.2) is 0 Å². The Hall–Kier alpha value is -5.28. The average molecular weight is 531 g/mol. The number of benzene rings is 4. The van der Waals surface area contributed by atoms with Crippen molar-refractivity contribution >= 4 is 39.5 Å². The Labute approximate surface area is 230 Å². The van der Waals surface area contributed by atoms with E-state index in [0.717, 1.165) is 33.3 Å². The number of hydrogen-bond donors (Lipinski definition) is 2. The monoisotopic (exact) mass is 530 g/mol. The van der Waals surface area contributed by atoms with Crippen LogP contribution < -0.4 is 15.4 Å². The molecule has 0 fully saturated rings. The predicted molar refractivity (Wildman–Crippen MR) is 155 cm³/mol. The van der Waals surface area contributed by atoms with Crippen LogP contribution >= 0.6 is 0 Å². The highest BCUT2D eigenvalue weighted by Gasteiger charge is 2.16. The predicted octanol–water partition coefficient (Wildman–Crippen LogP) is 5.85. The third kappa shape index (κ3) is 5.31. The Morgan fingerprint density at radius 3 is 2.25 bits per heavy atom. The Balaban J connectivity index is 1.20. The van der Waals surface area contributed by atoms with Crippen LogP contribution in [-0.2, 0) is 16.1 Å². The summed E-state index contributed by atoms with van der Waals surface area (Å²) in [5.74, 6) is 1.83. The number of carbonyl (C=O) groups excluding carboxylic acids is 1. The first kappa shape index (κ1) is 25.0. The largest absolute Gasteiger partial charge is 0.497 e. The van der Waals surface area contributed by atoms with E-state index in [1.807, 2.05) is 103 Å². The zero-order chi connectivity index (χ0) is 27.3. The summed E-state index contributed by atoms with van der Waals surface area (Å²) in [5.41, 5.74) is 4.05. The van der Waals surface area contributed by atoms with Crippen LogP contribution in [0.4, 0.5) is 17.2 Å². The number of carbonyl (C=O) groups is 1. The van der Waals surface area contributed by atoms with Gasteiger partial charge in [0.05, 0.1) is 13.7 Å². The van der Waals surface area contributed by atoms with Gasteiger partial charge in [0.25, 0.3) is 0 Å². The van der Waals surface area contributed by atoms with Gasteiger partial charge in [0, 0.05) is 27.7 Å². The summed E-state index contributed by atoms with van der Waals surface area (Å²) in [6, 6.07) is 32.7. The van der Waals surface area contributed by atoms with Crippen molar-refractivity contribution in [3.63, 3.8) is 0 Å². The lowest BCUT2D eigenvalue weighted by molar-refractivity contribution is -0.121. The number of aromatic nitrogens is 4. The van der Waals surface area contributed by atoms with Crippen LogP contribution in [0.25, 0.3) is 27.8 Å². The molecule has 2 aromatic heterocycles. The van der Waals surface area contributed by atoms with E-state index in [-0.39, 0.29) is 12.5 Å². The standard InChI is InChI=1S/C31H26N6O3/c1-39-25-17-11-22(12-18-25)30-34-35-31-27-10-6-5-9-26(27)29(36-37(30)31)33-24-15-13-23(14-16-24)32-28(38)20-40-19-21-7-3-2-4-8-21/h2-18H,19-20H2,1H3,(H,32,38)(H,33,36). The molecule has 6 aromatic rings. The number of methoxy groups -OCH3 is 1. The molecular weight excluding hydrogens is 504 g/mol. The molecule has 4 aromatic carbocycles. The lowest BCUT2D eigenvalue weighted by Gasteiger charge is -2.12. The Bertz CT molecular complexity index is 1770. The molecule has 9 heteroatoms. The molecule has 0 bridgehead atoms. The second-order valence-corrected chi connectivity index (χ2v) is 9.11. The van der Waals surface area contributed by atoms with Crippen LogP contribution in [0.5, 0.6) is 5.75 Å². The molecule has 0 aliphatic rings. The second-order valence-electron chi connectivity index (χ2n) is 9.11. The van der Waals surface area contributed by atoms with Gasteiger partial charge in [-0.3, -0.25) is 4.79 Å². The zero-order valence-electron chi connectivity index (χ0n) is 21.7. The van der Waals surface area contributed by atoms with Crippen molar-refractivity contribution in [3.8, 4) is 17.1 Å². The van der Waals surface area contributed by atoms with Gasteiger partial charge in [-0.1, -0.05) is 54.6 Å². The first-order valence-corrected chi connectivity index (χ1v) is 12.7. The lowest BCUT2D eigenvalue weighted by atomic mass is 10.1. The van der Waals surface area contributed by atoms with Crippen molar-refractivity contribution in [1.29, 1.82) is 0 Å². The van der Waals surface area contributed by atoms with Crippen molar-refractivity contribution in [3.05, 3.63) is 109 Å². The summed E-state index contributed by atoms with van der Waals surface area (Å²) in [5, 5.41) is 21.8. The third-order valence-corrected chi connectivity index (χ3v) is 6.39. The molecule has 1 amide bonds. The Morgan fingerprint density at radius 1 is 0.800 bits per heavy atom. The van der Waals surface area contributed by atoms with Crippen molar-refractivity contribution < 1.29 is 14.3 Å². The van der Waals surface area contributed by atoms with E-state index in [1.165, 1.54) is 0 Å². The number of ether oxygens (including phenoxy) is 2. The molecule has 2 heterocycles. The molecule has 0 atom stereocenters. The van der Waals surface area contributed by atoms with Gasteiger partial charge in [0.1, 0.15) is 12.4 Å². The summed E-state index contributed by atoms with van der Waals surface area (Å²) in [4.78, 5) is 12.3. The van der Waals surface area contributed by atoms with Crippen molar-refractivity contribution in [1.82, 2.24) is 19.8 Å². The summed E-state index contributed by atoms with van der Waals surface area (Å²) in [6.45, 7) is 0.356. The maximum absolute atomic E-state index is 12.3. The van der Waals surface area contributed by atoms with Gasteiger partial charge in [-0.05, 0) is 54.1 Å². The van der Waals surface area contributed by atoms with Crippen molar-refractivity contribution in [2.75, 3.05) is 24.4 Å². The number of amides is 1. The first-order valence-electron chi connectivity index (χ1n) is 12.7. The minimum Gasteiger partial charge on any atom is -0.497 e. The van der Waals surface area contributed by atoms with E-state index < -0.39 is 0 Å². The minimum absolute atomic E-state index is 0.0275. The lowest BCUT2D eigenvalue weighted by Crippen LogP contribution is -2.18. The van der Waals surface area contributed by atoms with Gasteiger partial charge >= 0.3 is 0 Å². The smallest absolute Gasteiger partial charge is 0.250 e. The quantitative estimate of drug-likeness (QED) is 0.242. The van der Waals surface area contributed by atoms with Crippen molar-refractivity contribution in [2.24, 2.45) is 0 Å². The summed E-state index contributed by atoms with van der Waals surface area (Å²) in [6.07, 6.45) is 0. The fraction of sp³-hybridized carbons (Fsp3) is 0.0968. The van der Waals surface area contributed by atoms with Gasteiger partial charge in [-0.15, -0.1) is 15.3 Å². The highest BCUT2D eigenvalue weighted by atomic mass is 16.5. The molecule has 2 N–H and O–H groups in total. The van der Waals surface area contributed by atoms with Gasteiger partial charge < -0.3 is 20.1 Å². The van der Waals surface area contributed by atoms with E-state index in [2.05, 4.69) is 20.8 Å². The fourth-order valence-electron chi connectivity index (χ4n) is 4.40. The molecule has 0 aliphatic carbocycles. The highest BCUT2D eigenvalue weighted by molar-refractivity contribution is 6.01. The Morgan fingerprint density at radius 2 is 1.50 bits per heavy atom. The summed E-state index contributed by atoms with van der Waals surface area (Å²) in [7, 11) is 1.63. The van der Waals surface area contributed by atoms with E-state index in [9.17, 15) is 4.79 Å². The van der Waals surface area contributed by atoms with E-state index in [0.29, 0.717) is 29.6 Å². The molecule has 0 aliphatic heterocycles. The Kier molecular flexibility index (Phi) is 7.02. The van der Waals surface area contributed by atoms with Crippen LogP contribution in [0.15, 0.2) is 103 Å². The van der Waals surface area contributed by atoms with Gasteiger partial charge in [-0.2, -0.15) is 4.52 Å². The molecule has 40 heavy (non-hydrogen) atoms. The van der Waals surface area contributed by atoms with E-state index in [4.69, 9.17) is 14.6 Å². The SMILES string of the molecule is COc1ccc(-c2nnc3c4ccccc4c(Nc4ccc(NC(=O)COCc5ccccc5)cc4)nn23)cc1. The van der Waals surface area contributed by atoms with Gasteiger partial charge in [0.15, 0.2) is 17.3 Å². The topological polar surface area (TPSA) is 103 Å². The summed E-state index contributed by atoms with van der Waals surface area (Å²) >= 11 is 0. The highest BCUT2D eigenvalue weighted by Crippen LogP contribution is 2.30. The molecule has 9 nitrogen and oxygen atoms in total. The normalized spacial score (nSPS) is 11.0. The van der Waals surface area contributed by atoms with Crippen molar-refractivity contribution in [2.45, 2.75) is 6.61 Å². The zero-order valence-corrected chi connectivity index (χ0v) is 21.7. The molecule has 0 unspecified atom stereocenters. The average Bonchev–Trinajstić information content (AvgIpc) is 3.43. The maximum Gasteiger partial charge on any atom is 0.250 e. The number of nitrogens with zero attached hydrogens (tertiary/aromatic N) is 4. The molecule has 0 saturated heterocycles. The number of fused-ring (bicyclic) bond motifs is 3. The minimum atomic E-state index is -0.214. The number of rotatable bonds is 9. The molecule has 0 radical (unpaired) electrons. The van der Waals surface area contributed by atoms with Crippen LogP contribution in [-0.4, -0.2) is 39.4 Å². The molecular formula is C31H26N6O3. The van der Waals surface area contributed by atoms with Crippen LogP contribution in [0.2, 0.25) is 0 Å². The number of nitrogens with one attached hydrogen (secondary N) is 2. The molecule has 6 rings (SSSR count).